The van der Waals surface area contributed by atoms with Crippen molar-refractivity contribution in [2.24, 2.45) is 0 Å². The van der Waals surface area contributed by atoms with Gasteiger partial charge >= 0.3 is 0 Å². The fourth-order valence-corrected chi connectivity index (χ4v) is 4.33. The Kier molecular flexibility index (Phi) is 8.34. The predicted molar refractivity (Wildman–Crippen MR) is 101 cm³/mol. The number of hydrogen-bond acceptors (Lipinski definition) is 3. The molecule has 0 N–H and O–H groups in total. The van der Waals surface area contributed by atoms with Gasteiger partial charge in [0.1, 0.15) is 5.75 Å². The van der Waals surface area contributed by atoms with Crippen molar-refractivity contribution in [1.29, 1.82) is 0 Å². The molecule has 2 aromatic rings. The van der Waals surface area contributed by atoms with Crippen LogP contribution in [0, 0.1) is 54.1 Å². The molecule has 1 heterocycles. The van der Waals surface area contributed by atoms with Crippen molar-refractivity contribution in [2.45, 2.75) is 24.2 Å². The van der Waals surface area contributed by atoms with Crippen LogP contribution in [0.25, 0.3) is 0 Å². The van der Waals surface area contributed by atoms with Gasteiger partial charge in [0.25, 0.3) is 0 Å². The van der Waals surface area contributed by atoms with Crippen molar-refractivity contribution in [3.8, 4) is 5.75 Å². The van der Waals surface area contributed by atoms with E-state index in [1.54, 1.807) is 7.11 Å². The van der Waals surface area contributed by atoms with Crippen LogP contribution in [0.1, 0.15) is 29.0 Å². The Bertz CT molecular complexity index is 700. The summed E-state index contributed by atoms with van der Waals surface area (Å²) in [6, 6.07) is 15.2. The van der Waals surface area contributed by atoms with E-state index in [1.165, 1.54) is 27.5 Å². The molecule has 1 aliphatic rings. The van der Waals surface area contributed by atoms with E-state index in [1.807, 2.05) is 23.9 Å². The number of thioether (sulfide) groups is 1. The molecule has 0 amide bonds. The zero-order valence-electron chi connectivity index (χ0n) is 14.8. The molecule has 2 aromatic carbocycles. The monoisotopic (exact) mass is 480 g/mol. The fourth-order valence-electron chi connectivity index (χ4n) is 3.08. The van der Waals surface area contributed by atoms with Crippen molar-refractivity contribution in [3.63, 3.8) is 0 Å². The molecule has 129 valence electrons. The van der Waals surface area contributed by atoms with E-state index in [0.29, 0.717) is 5.92 Å². The topological polar surface area (TPSA) is 18.5 Å². The van der Waals surface area contributed by atoms with Crippen LogP contribution in [-0.4, -0.2) is 19.7 Å². The van der Waals surface area contributed by atoms with Gasteiger partial charge in [-0.05, 0) is 42.7 Å². The second kappa shape index (κ2) is 10.0. The minimum Gasteiger partial charge on any atom is -0.468 e. The van der Waals surface area contributed by atoms with Crippen LogP contribution < -0.4 is 4.74 Å². The maximum Gasteiger partial charge on any atom is 0.188 e. The van der Waals surface area contributed by atoms with Crippen LogP contribution in [0.15, 0.2) is 60.0 Å². The van der Waals surface area contributed by atoms with Crippen molar-refractivity contribution in [3.05, 3.63) is 77.7 Å². The molecule has 4 heteroatoms. The number of rotatable bonds is 6. The van der Waals surface area contributed by atoms with Gasteiger partial charge < -0.3 is 9.47 Å². The number of fused-ring (bicyclic) bond motifs is 1. The maximum absolute atomic E-state index is 5.58. The van der Waals surface area contributed by atoms with E-state index in [0.717, 1.165) is 17.9 Å². The van der Waals surface area contributed by atoms with Gasteiger partial charge in [-0.3, -0.25) is 0 Å². The SMILES string of the molecule is C=CC[C@@H]1c2ccc(OCOC)cc2SC[C-]1c1ccc(C)cc1.[Pr]. The summed E-state index contributed by atoms with van der Waals surface area (Å²) in [6.07, 6.45) is 2.98. The van der Waals surface area contributed by atoms with Gasteiger partial charge in [-0.1, -0.05) is 17.7 Å². The van der Waals surface area contributed by atoms with Crippen molar-refractivity contribution in [1.82, 2.24) is 0 Å². The summed E-state index contributed by atoms with van der Waals surface area (Å²) in [5, 5.41) is 0. The van der Waals surface area contributed by atoms with Crippen LogP contribution >= 0.6 is 11.8 Å². The van der Waals surface area contributed by atoms with E-state index >= 15 is 0 Å². The van der Waals surface area contributed by atoms with E-state index in [4.69, 9.17) is 9.47 Å². The molecule has 0 aromatic heterocycles. The quantitative estimate of drug-likeness (QED) is 0.315. The van der Waals surface area contributed by atoms with Crippen molar-refractivity contribution < 1.29 is 50.8 Å². The summed E-state index contributed by atoms with van der Waals surface area (Å²) >= 11 is 1.88. The van der Waals surface area contributed by atoms with E-state index in [2.05, 4.69) is 49.9 Å². The number of benzene rings is 2. The standard InChI is InChI=1S/C21H23O2S.Pr/c1-4-5-18-19-11-10-17(23-14-22-3)12-21(19)24-13-20(18)16-8-6-15(2)7-9-16;/h4,6-12,18H,1,5,13-14H2,2-3H3;/q-1;/t18-;/m1./s1. The minimum absolute atomic E-state index is 0. The molecule has 2 nitrogen and oxygen atoms in total. The Morgan fingerprint density at radius 3 is 2.68 bits per heavy atom. The first-order valence-electron chi connectivity index (χ1n) is 8.15. The van der Waals surface area contributed by atoms with Gasteiger partial charge in [-0.15, -0.1) is 30.5 Å². The summed E-state index contributed by atoms with van der Waals surface area (Å²) in [5.41, 5.74) is 4.00. The molecule has 25 heavy (non-hydrogen) atoms. The van der Waals surface area contributed by atoms with Gasteiger partial charge in [0.05, 0.1) is 0 Å². The number of methoxy groups -OCH3 is 1. The Labute approximate surface area is 188 Å². The Morgan fingerprint density at radius 1 is 1.24 bits per heavy atom. The Balaban J connectivity index is 0.00000225. The summed E-state index contributed by atoms with van der Waals surface area (Å²) < 4.78 is 10.6. The maximum atomic E-state index is 5.58. The molecule has 1 atom stereocenters. The number of allylic oxidation sites excluding steroid dienone is 1. The number of ether oxygens (including phenoxy) is 2. The summed E-state index contributed by atoms with van der Waals surface area (Å²) in [5.74, 6) is 3.73. The molecule has 0 fully saturated rings. The zero-order chi connectivity index (χ0) is 16.9. The zero-order valence-corrected chi connectivity index (χ0v) is 19.3. The Morgan fingerprint density at radius 2 is 2.00 bits per heavy atom. The molecule has 0 bridgehead atoms. The summed E-state index contributed by atoms with van der Waals surface area (Å²) in [7, 11) is 1.64. The van der Waals surface area contributed by atoms with E-state index in [-0.39, 0.29) is 48.1 Å². The predicted octanol–water partition coefficient (Wildman–Crippen LogP) is 5.37. The average Bonchev–Trinajstić information content (AvgIpc) is 2.61. The van der Waals surface area contributed by atoms with Crippen molar-refractivity contribution in [2.75, 3.05) is 19.7 Å². The van der Waals surface area contributed by atoms with Crippen molar-refractivity contribution >= 4 is 11.8 Å². The second-order valence-corrected chi connectivity index (χ2v) is 7.02. The molecular weight excluding hydrogens is 457 g/mol. The van der Waals surface area contributed by atoms with Gasteiger partial charge in [-0.25, -0.2) is 0 Å². The van der Waals surface area contributed by atoms with Gasteiger partial charge in [-0.2, -0.15) is 23.6 Å². The largest absolute Gasteiger partial charge is 0.468 e. The third-order valence-corrected chi connectivity index (χ3v) is 5.45. The van der Waals surface area contributed by atoms with Gasteiger partial charge in [0, 0.05) is 53.3 Å². The molecule has 3 rings (SSSR count). The molecule has 1 radical (unpaired) electrons. The van der Waals surface area contributed by atoms with Gasteiger partial charge in [0.15, 0.2) is 6.79 Å². The summed E-state index contributed by atoms with van der Waals surface area (Å²) in [6.45, 7) is 6.37. The fraction of sp³-hybridized carbons (Fsp3) is 0.286. The normalized spacial score (nSPS) is 15.9. The molecule has 1 aliphatic heterocycles. The number of aryl methyl sites for hydroxylation is 1. The van der Waals surface area contributed by atoms with E-state index < -0.39 is 0 Å². The van der Waals surface area contributed by atoms with Crippen LogP contribution in [0.5, 0.6) is 5.75 Å². The molecule has 0 spiro atoms. The average molecular weight is 480 g/mol. The summed E-state index contributed by atoms with van der Waals surface area (Å²) in [4.78, 5) is 1.30. The van der Waals surface area contributed by atoms with Gasteiger partial charge in [0.2, 0.25) is 0 Å². The minimum atomic E-state index is 0. The van der Waals surface area contributed by atoms with E-state index in [9.17, 15) is 0 Å². The van der Waals surface area contributed by atoms with Crippen LogP contribution in [0.4, 0.5) is 0 Å². The first-order valence-corrected chi connectivity index (χ1v) is 9.13. The van der Waals surface area contributed by atoms with Crippen LogP contribution in [0.3, 0.4) is 0 Å². The van der Waals surface area contributed by atoms with Crippen LogP contribution in [0.2, 0.25) is 0 Å². The smallest absolute Gasteiger partial charge is 0.188 e. The molecule has 0 saturated carbocycles. The first kappa shape index (κ1) is 20.8. The Hall–Kier alpha value is -0.476. The van der Waals surface area contributed by atoms with Crippen LogP contribution in [-0.2, 0) is 4.74 Å². The molecule has 0 aliphatic carbocycles. The first-order chi connectivity index (χ1) is 11.7. The third-order valence-electron chi connectivity index (χ3n) is 4.33. The second-order valence-electron chi connectivity index (χ2n) is 6.01. The number of hydrogen-bond donors (Lipinski definition) is 0. The molecule has 0 unspecified atom stereocenters. The molecule has 0 saturated heterocycles. The third kappa shape index (κ3) is 5.03. The molecular formula is C21H23O2PrS-.